The Bertz CT molecular complexity index is 1540. The summed E-state index contributed by atoms with van der Waals surface area (Å²) in [6, 6.07) is 19.0. The Morgan fingerprint density at radius 1 is 1.06 bits per heavy atom. The van der Waals surface area contributed by atoms with Crippen LogP contribution in [0, 0.1) is 0 Å². The summed E-state index contributed by atoms with van der Waals surface area (Å²) in [5.74, 6) is 2.12. The van der Waals surface area contributed by atoms with E-state index in [9.17, 15) is 9.90 Å². The average molecular weight is 497 g/mol. The lowest BCUT2D eigenvalue weighted by Crippen LogP contribution is -2.36. The van der Waals surface area contributed by atoms with Crippen molar-refractivity contribution in [3.8, 4) is 11.5 Å². The molecular formula is C28H24N4O3S. The number of piperidine rings is 1. The van der Waals surface area contributed by atoms with Crippen LogP contribution < -0.4 is 15.0 Å². The minimum Gasteiger partial charge on any atom is -0.456 e. The van der Waals surface area contributed by atoms with Crippen molar-refractivity contribution in [1.82, 2.24) is 9.97 Å². The van der Waals surface area contributed by atoms with Crippen LogP contribution in [0.2, 0.25) is 0 Å². The first-order valence-corrected chi connectivity index (χ1v) is 12.8. The third-order valence-electron chi connectivity index (χ3n) is 6.43. The first kappa shape index (κ1) is 22.5. The van der Waals surface area contributed by atoms with Gasteiger partial charge < -0.3 is 20.1 Å². The van der Waals surface area contributed by atoms with E-state index >= 15 is 0 Å². The molecule has 0 aliphatic carbocycles. The minimum absolute atomic E-state index is 0.195. The van der Waals surface area contributed by atoms with Gasteiger partial charge >= 0.3 is 0 Å². The number of hydrogen-bond donors (Lipinski definition) is 2. The van der Waals surface area contributed by atoms with Crippen molar-refractivity contribution in [3.05, 3.63) is 84.0 Å². The number of thiophene rings is 1. The third-order valence-corrected chi connectivity index (χ3v) is 7.34. The lowest BCUT2D eigenvalue weighted by molar-refractivity contribution is 0.102. The van der Waals surface area contributed by atoms with E-state index in [-0.39, 0.29) is 12.0 Å². The normalized spacial score (nSPS) is 14.3. The molecule has 2 N–H and O–H groups in total. The van der Waals surface area contributed by atoms with Gasteiger partial charge in [0.1, 0.15) is 17.3 Å². The van der Waals surface area contributed by atoms with Crippen LogP contribution in [0.1, 0.15) is 23.2 Å². The standard InChI is InChI=1S/C28H24N4O3S/c33-20-9-13-32(14-10-20)26-7-4-19(17-30-26)31-28(34)23-3-1-2-18-16-21(5-6-22(18)23)35-25-8-12-29-24-11-15-36-27(24)25/h1-8,11-12,15-17,20,33H,9-10,13-14H2,(H,31,34). The molecular weight excluding hydrogens is 472 g/mol. The second-order valence-corrected chi connectivity index (χ2v) is 9.73. The van der Waals surface area contributed by atoms with Crippen molar-refractivity contribution in [2.24, 2.45) is 0 Å². The largest absolute Gasteiger partial charge is 0.456 e. The molecule has 4 heterocycles. The van der Waals surface area contributed by atoms with Gasteiger partial charge in [-0.25, -0.2) is 4.98 Å². The molecule has 5 aromatic rings. The van der Waals surface area contributed by atoms with E-state index in [2.05, 4.69) is 20.2 Å². The molecule has 6 rings (SSSR count). The summed E-state index contributed by atoms with van der Waals surface area (Å²) in [7, 11) is 0. The Balaban J connectivity index is 1.19. The zero-order chi connectivity index (χ0) is 24.5. The number of anilines is 2. The molecule has 1 fully saturated rings. The van der Waals surface area contributed by atoms with E-state index in [1.807, 2.05) is 66.0 Å². The molecule has 0 unspecified atom stereocenters. The lowest BCUT2D eigenvalue weighted by atomic mass is 10.0. The third kappa shape index (κ3) is 4.48. The fourth-order valence-corrected chi connectivity index (χ4v) is 5.32. The van der Waals surface area contributed by atoms with Gasteiger partial charge in [0, 0.05) is 30.9 Å². The highest BCUT2D eigenvalue weighted by Gasteiger charge is 2.18. The van der Waals surface area contributed by atoms with Gasteiger partial charge in [-0.3, -0.25) is 9.78 Å². The molecule has 0 saturated carbocycles. The number of nitrogens with zero attached hydrogens (tertiary/aromatic N) is 3. The van der Waals surface area contributed by atoms with Crippen LogP contribution in [-0.4, -0.2) is 40.2 Å². The van der Waals surface area contributed by atoms with Crippen molar-refractivity contribution < 1.29 is 14.6 Å². The van der Waals surface area contributed by atoms with Gasteiger partial charge in [0.05, 0.1) is 28.2 Å². The molecule has 3 aromatic heterocycles. The van der Waals surface area contributed by atoms with Gasteiger partial charge in [-0.1, -0.05) is 12.1 Å². The number of carbonyl (C=O) groups is 1. The second kappa shape index (κ2) is 9.56. The molecule has 0 atom stereocenters. The van der Waals surface area contributed by atoms with Gasteiger partial charge in [0.15, 0.2) is 0 Å². The van der Waals surface area contributed by atoms with Crippen LogP contribution in [0.4, 0.5) is 11.5 Å². The number of carbonyl (C=O) groups excluding carboxylic acids is 1. The number of pyridine rings is 2. The Hall–Kier alpha value is -4.01. The van der Waals surface area contributed by atoms with Crippen LogP contribution in [-0.2, 0) is 0 Å². The SMILES string of the molecule is O=C(Nc1ccc(N2CCC(O)CC2)nc1)c1cccc2cc(Oc3ccnc4ccsc34)ccc12. The fraction of sp³-hybridized carbons (Fsp3) is 0.179. The zero-order valence-electron chi connectivity index (χ0n) is 19.4. The maximum Gasteiger partial charge on any atom is 0.256 e. The number of amides is 1. The van der Waals surface area contributed by atoms with E-state index in [0.717, 1.165) is 58.5 Å². The Morgan fingerprint density at radius 2 is 1.94 bits per heavy atom. The average Bonchev–Trinajstić information content (AvgIpc) is 3.39. The molecule has 36 heavy (non-hydrogen) atoms. The van der Waals surface area contributed by atoms with E-state index < -0.39 is 0 Å². The molecule has 2 aromatic carbocycles. The molecule has 180 valence electrons. The summed E-state index contributed by atoms with van der Waals surface area (Å²) < 4.78 is 7.17. The van der Waals surface area contributed by atoms with Gasteiger partial charge in [-0.05, 0) is 71.5 Å². The van der Waals surface area contributed by atoms with Crippen molar-refractivity contribution in [3.63, 3.8) is 0 Å². The Morgan fingerprint density at radius 3 is 2.78 bits per heavy atom. The molecule has 7 nitrogen and oxygen atoms in total. The molecule has 8 heteroatoms. The van der Waals surface area contributed by atoms with Crippen LogP contribution >= 0.6 is 11.3 Å². The molecule has 1 amide bonds. The number of aromatic nitrogens is 2. The van der Waals surface area contributed by atoms with E-state index in [1.54, 1.807) is 23.7 Å². The van der Waals surface area contributed by atoms with Crippen LogP contribution in [0.15, 0.2) is 78.4 Å². The number of hydrogen-bond acceptors (Lipinski definition) is 7. The highest BCUT2D eigenvalue weighted by molar-refractivity contribution is 7.17. The number of fused-ring (bicyclic) bond motifs is 2. The first-order valence-electron chi connectivity index (χ1n) is 11.9. The molecule has 1 aliphatic heterocycles. The number of nitrogens with one attached hydrogen (secondary N) is 1. The summed E-state index contributed by atoms with van der Waals surface area (Å²) >= 11 is 1.59. The number of aliphatic hydroxyl groups excluding tert-OH is 1. The fourth-order valence-electron chi connectivity index (χ4n) is 4.52. The molecule has 1 saturated heterocycles. The van der Waals surface area contributed by atoms with E-state index in [0.29, 0.717) is 17.0 Å². The maximum atomic E-state index is 13.1. The topological polar surface area (TPSA) is 87.6 Å². The second-order valence-electron chi connectivity index (χ2n) is 8.81. The lowest BCUT2D eigenvalue weighted by Gasteiger charge is -2.30. The number of benzene rings is 2. The summed E-state index contributed by atoms with van der Waals surface area (Å²) in [6.07, 6.45) is 4.68. The summed E-state index contributed by atoms with van der Waals surface area (Å²) in [5, 5.41) is 16.4. The highest BCUT2D eigenvalue weighted by atomic mass is 32.1. The highest BCUT2D eigenvalue weighted by Crippen LogP contribution is 2.34. The molecule has 0 spiro atoms. The quantitative estimate of drug-likeness (QED) is 0.317. The number of ether oxygens (including phenoxy) is 1. The Labute approximate surface area is 212 Å². The van der Waals surface area contributed by atoms with Crippen molar-refractivity contribution in [2.45, 2.75) is 18.9 Å². The Kier molecular flexibility index (Phi) is 5.96. The summed E-state index contributed by atoms with van der Waals surface area (Å²) in [5.41, 5.74) is 2.13. The van der Waals surface area contributed by atoms with Crippen LogP contribution in [0.25, 0.3) is 21.0 Å². The van der Waals surface area contributed by atoms with E-state index in [1.165, 1.54) is 0 Å². The summed E-state index contributed by atoms with van der Waals surface area (Å²) in [6.45, 7) is 1.56. The number of aliphatic hydroxyl groups is 1. The molecule has 0 radical (unpaired) electrons. The van der Waals surface area contributed by atoms with Gasteiger partial charge in [0.2, 0.25) is 0 Å². The molecule has 1 aliphatic rings. The van der Waals surface area contributed by atoms with Crippen molar-refractivity contribution in [2.75, 3.05) is 23.3 Å². The number of rotatable bonds is 5. The predicted octanol–water partition coefficient (Wildman–Crippen LogP) is 5.85. The summed E-state index contributed by atoms with van der Waals surface area (Å²) in [4.78, 5) is 24.2. The maximum absolute atomic E-state index is 13.1. The van der Waals surface area contributed by atoms with Crippen molar-refractivity contribution >= 4 is 49.7 Å². The predicted molar refractivity (Wildman–Crippen MR) is 143 cm³/mol. The van der Waals surface area contributed by atoms with Crippen LogP contribution in [0.3, 0.4) is 0 Å². The van der Waals surface area contributed by atoms with Gasteiger partial charge in [0.25, 0.3) is 5.91 Å². The van der Waals surface area contributed by atoms with Crippen LogP contribution in [0.5, 0.6) is 11.5 Å². The molecule has 0 bridgehead atoms. The van der Waals surface area contributed by atoms with Gasteiger partial charge in [-0.2, -0.15) is 0 Å². The smallest absolute Gasteiger partial charge is 0.256 e. The zero-order valence-corrected chi connectivity index (χ0v) is 20.2. The van der Waals surface area contributed by atoms with E-state index in [4.69, 9.17) is 4.74 Å². The van der Waals surface area contributed by atoms with Gasteiger partial charge in [-0.15, -0.1) is 11.3 Å². The monoisotopic (exact) mass is 496 g/mol. The first-order chi connectivity index (χ1) is 17.6. The minimum atomic E-state index is -0.226. The van der Waals surface area contributed by atoms with Crippen molar-refractivity contribution in [1.29, 1.82) is 0 Å².